The molecule has 1 aromatic rings. The molecule has 0 fully saturated rings. The van der Waals surface area contributed by atoms with Crippen LogP contribution in [-0.4, -0.2) is 35.9 Å². The van der Waals surface area contributed by atoms with Crippen LogP contribution in [0.2, 0.25) is 0 Å². The SMILES string of the molecule is CC(C)S(=O)(=O)c1cccc(C(O)C(O)CCl)c1. The predicted molar refractivity (Wildman–Crippen MR) is 70.5 cm³/mol. The van der Waals surface area contributed by atoms with E-state index in [-0.39, 0.29) is 10.8 Å². The van der Waals surface area contributed by atoms with E-state index >= 15 is 0 Å². The molecule has 0 aliphatic rings. The first-order valence-electron chi connectivity index (χ1n) is 5.56. The van der Waals surface area contributed by atoms with Crippen molar-refractivity contribution in [3.05, 3.63) is 29.8 Å². The standard InChI is InChI=1S/C12H17ClO4S/c1-8(2)18(16,17)10-5-3-4-9(6-10)12(15)11(14)7-13/h3-6,8,11-12,14-15H,7H2,1-2H3. The maximum Gasteiger partial charge on any atom is 0.180 e. The first-order valence-corrected chi connectivity index (χ1v) is 7.64. The molecule has 18 heavy (non-hydrogen) atoms. The van der Waals surface area contributed by atoms with E-state index in [2.05, 4.69) is 0 Å². The van der Waals surface area contributed by atoms with Crippen LogP contribution < -0.4 is 0 Å². The third-order valence-corrected chi connectivity index (χ3v) is 5.14. The van der Waals surface area contributed by atoms with Crippen LogP contribution in [0.3, 0.4) is 0 Å². The van der Waals surface area contributed by atoms with E-state index in [1.807, 2.05) is 0 Å². The second kappa shape index (κ2) is 6.02. The molecule has 1 aromatic carbocycles. The van der Waals surface area contributed by atoms with Crippen LogP contribution in [-0.2, 0) is 9.84 Å². The lowest BCUT2D eigenvalue weighted by Gasteiger charge is -2.17. The highest BCUT2D eigenvalue weighted by Gasteiger charge is 2.22. The lowest BCUT2D eigenvalue weighted by atomic mass is 10.1. The molecule has 1 rings (SSSR count). The molecule has 0 bridgehead atoms. The number of aliphatic hydroxyl groups excluding tert-OH is 2. The number of rotatable bonds is 5. The number of sulfone groups is 1. The molecule has 0 heterocycles. The van der Waals surface area contributed by atoms with Gasteiger partial charge in [-0.1, -0.05) is 12.1 Å². The van der Waals surface area contributed by atoms with Crippen molar-refractivity contribution in [2.24, 2.45) is 0 Å². The van der Waals surface area contributed by atoms with Gasteiger partial charge in [-0.3, -0.25) is 0 Å². The molecule has 0 aliphatic heterocycles. The minimum absolute atomic E-state index is 0.123. The molecule has 0 amide bonds. The Hall–Kier alpha value is -0.620. The Bertz CT molecular complexity index is 499. The minimum atomic E-state index is -3.39. The molecule has 0 aliphatic carbocycles. The molecule has 2 atom stereocenters. The van der Waals surface area contributed by atoms with Gasteiger partial charge in [-0.05, 0) is 31.5 Å². The zero-order valence-electron chi connectivity index (χ0n) is 10.2. The molecule has 0 radical (unpaired) electrons. The van der Waals surface area contributed by atoms with Crippen molar-refractivity contribution in [1.82, 2.24) is 0 Å². The maximum absolute atomic E-state index is 12.0. The average Bonchev–Trinajstić information content (AvgIpc) is 2.36. The van der Waals surface area contributed by atoms with Crippen LogP contribution in [0.1, 0.15) is 25.5 Å². The average molecular weight is 293 g/mol. The highest BCUT2D eigenvalue weighted by atomic mass is 35.5. The van der Waals surface area contributed by atoms with Crippen LogP contribution in [0.4, 0.5) is 0 Å². The monoisotopic (exact) mass is 292 g/mol. The number of halogens is 1. The minimum Gasteiger partial charge on any atom is -0.389 e. The van der Waals surface area contributed by atoms with Crippen molar-refractivity contribution in [2.45, 2.75) is 36.2 Å². The fourth-order valence-electron chi connectivity index (χ4n) is 1.45. The Labute approximate surface area is 112 Å². The van der Waals surface area contributed by atoms with Crippen molar-refractivity contribution < 1.29 is 18.6 Å². The normalized spacial score (nSPS) is 15.7. The van der Waals surface area contributed by atoms with Crippen LogP contribution in [0.25, 0.3) is 0 Å². The largest absolute Gasteiger partial charge is 0.389 e. The van der Waals surface area contributed by atoms with Gasteiger partial charge in [0.2, 0.25) is 0 Å². The Morgan fingerprint density at radius 3 is 2.39 bits per heavy atom. The van der Waals surface area contributed by atoms with Gasteiger partial charge in [-0.2, -0.15) is 0 Å². The van der Waals surface area contributed by atoms with E-state index in [1.54, 1.807) is 19.9 Å². The Morgan fingerprint density at radius 2 is 1.89 bits per heavy atom. The summed E-state index contributed by atoms with van der Waals surface area (Å²) in [7, 11) is -3.39. The smallest absolute Gasteiger partial charge is 0.180 e. The Balaban J connectivity index is 3.15. The zero-order chi connectivity index (χ0) is 13.9. The summed E-state index contributed by atoms with van der Waals surface area (Å²) in [6, 6.07) is 5.93. The van der Waals surface area contributed by atoms with E-state index in [1.165, 1.54) is 18.2 Å². The zero-order valence-corrected chi connectivity index (χ0v) is 11.8. The van der Waals surface area contributed by atoms with Crippen molar-refractivity contribution >= 4 is 21.4 Å². The van der Waals surface area contributed by atoms with Gasteiger partial charge >= 0.3 is 0 Å². The van der Waals surface area contributed by atoms with E-state index in [9.17, 15) is 18.6 Å². The van der Waals surface area contributed by atoms with Gasteiger partial charge in [-0.25, -0.2) is 8.42 Å². The van der Waals surface area contributed by atoms with E-state index < -0.39 is 27.3 Å². The summed E-state index contributed by atoms with van der Waals surface area (Å²) in [5.41, 5.74) is 0.338. The maximum atomic E-state index is 12.0. The van der Waals surface area contributed by atoms with Gasteiger partial charge in [0.05, 0.1) is 22.1 Å². The van der Waals surface area contributed by atoms with E-state index in [0.29, 0.717) is 5.56 Å². The van der Waals surface area contributed by atoms with Crippen molar-refractivity contribution in [3.63, 3.8) is 0 Å². The quantitative estimate of drug-likeness (QED) is 0.807. The Kier molecular flexibility index (Phi) is 5.16. The molecule has 4 nitrogen and oxygen atoms in total. The predicted octanol–water partition coefficient (Wildman–Crippen LogP) is 1.50. The molecule has 2 unspecified atom stereocenters. The summed E-state index contributed by atoms with van der Waals surface area (Å²) in [4.78, 5) is 0.135. The summed E-state index contributed by atoms with van der Waals surface area (Å²) in [5.74, 6) is -0.123. The summed E-state index contributed by atoms with van der Waals surface area (Å²) in [6.07, 6.45) is -2.31. The van der Waals surface area contributed by atoms with Gasteiger partial charge < -0.3 is 10.2 Å². The number of alkyl halides is 1. The molecule has 0 aromatic heterocycles. The number of aliphatic hydroxyl groups is 2. The van der Waals surface area contributed by atoms with Gasteiger partial charge in [0, 0.05) is 0 Å². The third-order valence-electron chi connectivity index (χ3n) is 2.67. The second-order valence-electron chi connectivity index (χ2n) is 4.33. The van der Waals surface area contributed by atoms with Crippen LogP contribution in [0.15, 0.2) is 29.2 Å². The highest BCUT2D eigenvalue weighted by Crippen LogP contribution is 2.23. The number of hydrogen-bond acceptors (Lipinski definition) is 4. The van der Waals surface area contributed by atoms with Crippen LogP contribution in [0, 0.1) is 0 Å². The van der Waals surface area contributed by atoms with E-state index in [4.69, 9.17) is 11.6 Å². The lowest BCUT2D eigenvalue weighted by molar-refractivity contribution is 0.0326. The van der Waals surface area contributed by atoms with E-state index in [0.717, 1.165) is 0 Å². The lowest BCUT2D eigenvalue weighted by Crippen LogP contribution is -2.20. The van der Waals surface area contributed by atoms with Gasteiger partial charge in [0.25, 0.3) is 0 Å². The molecule has 2 N–H and O–H groups in total. The summed E-state index contributed by atoms with van der Waals surface area (Å²) in [6.45, 7) is 3.18. The molecule has 0 spiro atoms. The molecular weight excluding hydrogens is 276 g/mol. The van der Waals surface area contributed by atoms with Gasteiger partial charge in [0.1, 0.15) is 6.10 Å². The van der Waals surface area contributed by atoms with Crippen LogP contribution in [0.5, 0.6) is 0 Å². The van der Waals surface area contributed by atoms with Gasteiger partial charge in [0.15, 0.2) is 9.84 Å². The molecule has 0 saturated carbocycles. The summed E-state index contributed by atoms with van der Waals surface area (Å²) < 4.78 is 24.0. The number of benzene rings is 1. The molecule has 6 heteroatoms. The first kappa shape index (κ1) is 15.4. The molecule has 102 valence electrons. The van der Waals surface area contributed by atoms with Crippen LogP contribution >= 0.6 is 11.6 Å². The topological polar surface area (TPSA) is 74.6 Å². The molecular formula is C12H17ClO4S. The number of hydrogen-bond donors (Lipinski definition) is 2. The first-order chi connectivity index (χ1) is 8.30. The van der Waals surface area contributed by atoms with Crippen molar-refractivity contribution in [1.29, 1.82) is 0 Å². The summed E-state index contributed by atoms with van der Waals surface area (Å²) >= 11 is 5.45. The summed E-state index contributed by atoms with van der Waals surface area (Å²) in [5, 5.41) is 18.7. The third kappa shape index (κ3) is 3.23. The second-order valence-corrected chi connectivity index (χ2v) is 7.15. The van der Waals surface area contributed by atoms with Gasteiger partial charge in [-0.15, -0.1) is 11.6 Å². The van der Waals surface area contributed by atoms with Crippen molar-refractivity contribution in [3.8, 4) is 0 Å². The Morgan fingerprint density at radius 1 is 1.28 bits per heavy atom. The fraction of sp³-hybridized carbons (Fsp3) is 0.500. The highest BCUT2D eigenvalue weighted by molar-refractivity contribution is 7.92. The van der Waals surface area contributed by atoms with Crippen molar-refractivity contribution in [2.75, 3.05) is 5.88 Å². The molecule has 0 saturated heterocycles. The fourth-order valence-corrected chi connectivity index (χ4v) is 2.74.